The predicted molar refractivity (Wildman–Crippen MR) is 103 cm³/mol. The number of thiophene rings is 1. The highest BCUT2D eigenvalue weighted by Gasteiger charge is 2.23. The van der Waals surface area contributed by atoms with Crippen LogP contribution in [0.2, 0.25) is 0 Å². The van der Waals surface area contributed by atoms with Crippen molar-refractivity contribution in [1.29, 1.82) is 0 Å². The summed E-state index contributed by atoms with van der Waals surface area (Å²) < 4.78 is 25.4. The van der Waals surface area contributed by atoms with Crippen LogP contribution in [0.5, 0.6) is 0 Å². The number of amides is 1. The molecule has 1 amide bonds. The van der Waals surface area contributed by atoms with Gasteiger partial charge in [0.15, 0.2) is 0 Å². The molecule has 0 saturated heterocycles. The fourth-order valence-corrected chi connectivity index (χ4v) is 4.94. The van der Waals surface area contributed by atoms with Gasteiger partial charge in [-0.1, -0.05) is 13.0 Å². The van der Waals surface area contributed by atoms with Crippen LogP contribution in [0.15, 0.2) is 23.6 Å². The van der Waals surface area contributed by atoms with Gasteiger partial charge in [-0.15, -0.1) is 11.3 Å². The van der Waals surface area contributed by atoms with Crippen molar-refractivity contribution >= 4 is 38.6 Å². The zero-order chi connectivity index (χ0) is 18.2. The molecule has 25 heavy (non-hydrogen) atoms. The summed E-state index contributed by atoms with van der Waals surface area (Å²) in [6.45, 7) is 4.06. The average Bonchev–Trinajstić information content (AvgIpc) is 2.92. The molecule has 0 bridgehead atoms. The maximum absolute atomic E-state index is 12.7. The van der Waals surface area contributed by atoms with Gasteiger partial charge in [0.05, 0.1) is 17.5 Å². The standard InChI is InChI=1S/C18H22N2O3S2/c1-11-4-7-14-15(10-24-17(14)8-11)18(21)19-13-6-5-12(2)16(9-13)20-25(3,22)23/h5-6,9-11,20H,4,7-8H2,1-3H3,(H,19,21)/t11-/m1/s1. The Hall–Kier alpha value is -1.86. The van der Waals surface area contributed by atoms with Crippen molar-refractivity contribution in [1.82, 2.24) is 0 Å². The third kappa shape index (κ3) is 4.22. The molecule has 0 saturated carbocycles. The summed E-state index contributed by atoms with van der Waals surface area (Å²) >= 11 is 1.66. The van der Waals surface area contributed by atoms with Gasteiger partial charge in [0, 0.05) is 15.9 Å². The molecule has 1 atom stereocenters. The molecule has 7 heteroatoms. The van der Waals surface area contributed by atoms with Crippen LogP contribution >= 0.6 is 11.3 Å². The molecule has 0 aliphatic heterocycles. The van der Waals surface area contributed by atoms with Crippen LogP contribution in [-0.2, 0) is 22.9 Å². The molecule has 2 aromatic rings. The van der Waals surface area contributed by atoms with Crippen molar-refractivity contribution in [3.8, 4) is 0 Å². The van der Waals surface area contributed by atoms with Crippen LogP contribution in [-0.4, -0.2) is 20.6 Å². The van der Waals surface area contributed by atoms with Gasteiger partial charge >= 0.3 is 0 Å². The lowest BCUT2D eigenvalue weighted by Gasteiger charge is -2.19. The second-order valence-electron chi connectivity index (χ2n) is 6.76. The van der Waals surface area contributed by atoms with Gasteiger partial charge in [-0.25, -0.2) is 8.42 Å². The van der Waals surface area contributed by atoms with Crippen molar-refractivity contribution in [2.24, 2.45) is 5.92 Å². The number of hydrogen-bond acceptors (Lipinski definition) is 4. The SMILES string of the molecule is Cc1ccc(NC(=O)c2csc3c2CC[C@@H](C)C3)cc1NS(C)(=O)=O. The van der Waals surface area contributed by atoms with Crippen molar-refractivity contribution < 1.29 is 13.2 Å². The average molecular weight is 379 g/mol. The van der Waals surface area contributed by atoms with E-state index in [9.17, 15) is 13.2 Å². The van der Waals surface area contributed by atoms with E-state index in [2.05, 4.69) is 17.0 Å². The zero-order valence-electron chi connectivity index (χ0n) is 14.5. The molecule has 0 unspecified atom stereocenters. The lowest BCUT2D eigenvalue weighted by molar-refractivity contribution is 0.102. The number of carbonyl (C=O) groups excluding carboxylic acids is 1. The molecule has 0 radical (unpaired) electrons. The third-order valence-corrected chi connectivity index (χ3v) is 6.08. The Morgan fingerprint density at radius 1 is 1.32 bits per heavy atom. The summed E-state index contributed by atoms with van der Waals surface area (Å²) in [6.07, 6.45) is 4.20. The number of hydrogen-bond donors (Lipinski definition) is 2. The first-order valence-corrected chi connectivity index (χ1v) is 11.0. The molecule has 5 nitrogen and oxygen atoms in total. The maximum Gasteiger partial charge on any atom is 0.256 e. The van der Waals surface area contributed by atoms with Crippen LogP contribution in [0.1, 0.15) is 39.7 Å². The number of aryl methyl sites for hydroxylation is 1. The summed E-state index contributed by atoms with van der Waals surface area (Å²) in [6, 6.07) is 5.21. The number of nitrogens with one attached hydrogen (secondary N) is 2. The van der Waals surface area contributed by atoms with Crippen molar-refractivity contribution in [2.45, 2.75) is 33.1 Å². The van der Waals surface area contributed by atoms with E-state index in [1.807, 2.05) is 12.3 Å². The molecule has 1 aliphatic rings. The van der Waals surface area contributed by atoms with Crippen LogP contribution in [0.4, 0.5) is 11.4 Å². The second-order valence-corrected chi connectivity index (χ2v) is 9.47. The summed E-state index contributed by atoms with van der Waals surface area (Å²) in [7, 11) is -3.37. The summed E-state index contributed by atoms with van der Waals surface area (Å²) in [5, 5.41) is 4.82. The second kappa shape index (κ2) is 6.80. The van der Waals surface area contributed by atoms with Crippen LogP contribution in [0, 0.1) is 12.8 Å². The zero-order valence-corrected chi connectivity index (χ0v) is 16.2. The molecule has 134 valence electrons. The van der Waals surface area contributed by atoms with E-state index in [0.29, 0.717) is 17.3 Å². The van der Waals surface area contributed by atoms with E-state index >= 15 is 0 Å². The topological polar surface area (TPSA) is 75.3 Å². The van der Waals surface area contributed by atoms with Gasteiger partial charge in [0.25, 0.3) is 5.91 Å². The Morgan fingerprint density at radius 3 is 2.80 bits per heavy atom. The van der Waals surface area contributed by atoms with Gasteiger partial charge in [-0.05, 0) is 55.4 Å². The molecule has 1 aliphatic carbocycles. The number of carbonyl (C=O) groups is 1. The first-order valence-electron chi connectivity index (χ1n) is 8.22. The molecule has 2 N–H and O–H groups in total. The van der Waals surface area contributed by atoms with Crippen molar-refractivity contribution in [3.05, 3.63) is 45.1 Å². The minimum atomic E-state index is -3.37. The van der Waals surface area contributed by atoms with E-state index in [-0.39, 0.29) is 5.91 Å². The van der Waals surface area contributed by atoms with E-state index in [1.54, 1.807) is 29.5 Å². The Labute approximate surface area is 152 Å². The first kappa shape index (κ1) is 17.9. The Morgan fingerprint density at radius 2 is 2.08 bits per heavy atom. The molecule has 1 aromatic carbocycles. The van der Waals surface area contributed by atoms with Crippen LogP contribution in [0.25, 0.3) is 0 Å². The maximum atomic E-state index is 12.7. The Kier molecular flexibility index (Phi) is 4.88. The Balaban J connectivity index is 1.81. The van der Waals surface area contributed by atoms with Crippen molar-refractivity contribution in [3.63, 3.8) is 0 Å². The number of anilines is 2. The van der Waals surface area contributed by atoms with E-state index in [0.717, 1.165) is 36.6 Å². The van der Waals surface area contributed by atoms with Crippen LogP contribution < -0.4 is 10.0 Å². The number of rotatable bonds is 4. The monoisotopic (exact) mass is 378 g/mol. The fourth-order valence-electron chi connectivity index (χ4n) is 3.08. The fraction of sp³-hybridized carbons (Fsp3) is 0.389. The molecule has 0 fully saturated rings. The molecule has 1 aromatic heterocycles. The number of sulfonamides is 1. The molecular weight excluding hydrogens is 356 g/mol. The smallest absolute Gasteiger partial charge is 0.256 e. The van der Waals surface area contributed by atoms with Gasteiger partial charge in [-0.3, -0.25) is 9.52 Å². The first-order chi connectivity index (χ1) is 11.7. The molecule has 3 rings (SSSR count). The molecule has 0 spiro atoms. The van der Waals surface area contributed by atoms with Gasteiger partial charge < -0.3 is 5.32 Å². The van der Waals surface area contributed by atoms with E-state index in [4.69, 9.17) is 0 Å². The van der Waals surface area contributed by atoms with Crippen LogP contribution in [0.3, 0.4) is 0 Å². The van der Waals surface area contributed by atoms with E-state index in [1.165, 1.54) is 10.4 Å². The lowest BCUT2D eigenvalue weighted by atomic mass is 9.88. The van der Waals surface area contributed by atoms with Gasteiger partial charge in [-0.2, -0.15) is 0 Å². The van der Waals surface area contributed by atoms with Gasteiger partial charge in [0.1, 0.15) is 0 Å². The number of fused-ring (bicyclic) bond motifs is 1. The summed E-state index contributed by atoms with van der Waals surface area (Å²) in [5.41, 5.74) is 3.75. The highest BCUT2D eigenvalue weighted by atomic mass is 32.2. The minimum absolute atomic E-state index is 0.138. The third-order valence-electron chi connectivity index (χ3n) is 4.44. The molecule has 1 heterocycles. The summed E-state index contributed by atoms with van der Waals surface area (Å²) in [4.78, 5) is 14.0. The predicted octanol–water partition coefficient (Wildman–Crippen LogP) is 3.81. The lowest BCUT2D eigenvalue weighted by Crippen LogP contribution is -2.17. The molecular formula is C18H22N2O3S2. The Bertz CT molecular complexity index is 916. The minimum Gasteiger partial charge on any atom is -0.322 e. The van der Waals surface area contributed by atoms with Gasteiger partial charge in [0.2, 0.25) is 10.0 Å². The quantitative estimate of drug-likeness (QED) is 0.849. The normalized spacial score (nSPS) is 17.0. The number of benzene rings is 1. The van der Waals surface area contributed by atoms with E-state index < -0.39 is 10.0 Å². The van der Waals surface area contributed by atoms with Crippen molar-refractivity contribution in [2.75, 3.05) is 16.3 Å². The largest absolute Gasteiger partial charge is 0.322 e. The summed E-state index contributed by atoms with van der Waals surface area (Å²) in [5.74, 6) is 0.532. The highest BCUT2D eigenvalue weighted by Crippen LogP contribution is 2.33. The highest BCUT2D eigenvalue weighted by molar-refractivity contribution is 7.92.